The van der Waals surface area contributed by atoms with Crippen molar-refractivity contribution in [2.24, 2.45) is 0 Å². The Kier molecular flexibility index (Phi) is 4.66. The van der Waals surface area contributed by atoms with Crippen LogP contribution in [-0.4, -0.2) is 63.3 Å². The van der Waals surface area contributed by atoms with Gasteiger partial charge in [-0.15, -0.1) is 0 Å². The number of benzene rings is 1. The summed E-state index contributed by atoms with van der Waals surface area (Å²) >= 11 is 0. The maximum Gasteiger partial charge on any atom is 0.407 e. The number of amides is 1. The Morgan fingerprint density at radius 2 is 1.93 bits per heavy atom. The lowest BCUT2D eigenvalue weighted by Crippen LogP contribution is -2.54. The third-order valence-electron chi connectivity index (χ3n) is 5.48. The van der Waals surface area contributed by atoms with E-state index in [0.717, 1.165) is 35.4 Å². The third-order valence-corrected chi connectivity index (χ3v) is 5.48. The molecule has 1 fully saturated rings. The zero-order chi connectivity index (χ0) is 20.5. The van der Waals surface area contributed by atoms with Crippen LogP contribution in [0, 0.1) is 0 Å². The molecular weight excluding hydrogens is 382 g/mol. The Bertz CT molecular complexity index is 1130. The molecule has 8 heteroatoms. The lowest BCUT2D eigenvalue weighted by molar-refractivity contribution is 0.150. The van der Waals surface area contributed by atoms with Gasteiger partial charge in [-0.2, -0.15) is 0 Å². The van der Waals surface area contributed by atoms with Gasteiger partial charge < -0.3 is 19.6 Å². The van der Waals surface area contributed by atoms with Gasteiger partial charge in [-0.1, -0.05) is 24.3 Å². The first kappa shape index (κ1) is 18.4. The van der Waals surface area contributed by atoms with Crippen molar-refractivity contribution in [2.75, 3.05) is 31.1 Å². The predicted octanol–water partition coefficient (Wildman–Crippen LogP) is 3.06. The second kappa shape index (κ2) is 7.62. The van der Waals surface area contributed by atoms with Gasteiger partial charge in [-0.25, -0.2) is 19.7 Å². The first-order chi connectivity index (χ1) is 14.7. The summed E-state index contributed by atoms with van der Waals surface area (Å²) in [6.07, 6.45) is 4.84. The van der Waals surface area contributed by atoms with Crippen LogP contribution in [-0.2, 0) is 0 Å². The summed E-state index contributed by atoms with van der Waals surface area (Å²) in [4.78, 5) is 28.2. The van der Waals surface area contributed by atoms with Gasteiger partial charge in [0.05, 0.1) is 18.6 Å². The van der Waals surface area contributed by atoms with E-state index >= 15 is 0 Å². The molecule has 2 aromatic heterocycles. The molecule has 1 aromatic carbocycles. The second-order valence-electron chi connectivity index (χ2n) is 7.43. The third kappa shape index (κ3) is 3.52. The number of hydrogen-bond donors (Lipinski definition) is 1. The molecule has 0 radical (unpaired) electrons. The van der Waals surface area contributed by atoms with Crippen molar-refractivity contribution < 1.29 is 14.6 Å². The number of carbonyl (C=O) groups is 1. The van der Waals surface area contributed by atoms with Gasteiger partial charge in [-0.3, -0.25) is 0 Å². The Labute approximate surface area is 173 Å². The Hall–Kier alpha value is -3.68. The minimum absolute atomic E-state index is 0.00780. The summed E-state index contributed by atoms with van der Waals surface area (Å²) in [5, 5.41) is 10.2. The fraction of sp³-hybridized carbons (Fsp3) is 0.273. The van der Waals surface area contributed by atoms with E-state index in [4.69, 9.17) is 14.8 Å². The first-order valence-corrected chi connectivity index (χ1v) is 9.93. The molecule has 3 aromatic rings. The average Bonchev–Trinajstić information content (AvgIpc) is 2.76. The van der Waals surface area contributed by atoms with Crippen LogP contribution in [0.15, 0.2) is 54.9 Å². The van der Waals surface area contributed by atoms with E-state index in [9.17, 15) is 4.79 Å². The van der Waals surface area contributed by atoms with Crippen LogP contribution in [0.3, 0.4) is 0 Å². The molecule has 1 saturated heterocycles. The van der Waals surface area contributed by atoms with Crippen LogP contribution in [0.5, 0.6) is 5.88 Å². The molecule has 0 bridgehead atoms. The molecule has 0 spiro atoms. The highest BCUT2D eigenvalue weighted by Gasteiger charge is 2.31. The van der Waals surface area contributed by atoms with Gasteiger partial charge in [0.2, 0.25) is 5.88 Å². The SMILES string of the molecule is O=C(O)N1CC=C(c2nccnc2OC2CN(c3ccc4ccccc4n3)C2)CC1. The Balaban J connectivity index is 1.26. The predicted molar refractivity (Wildman–Crippen MR) is 113 cm³/mol. The highest BCUT2D eigenvalue weighted by molar-refractivity contribution is 5.80. The number of anilines is 1. The van der Waals surface area contributed by atoms with Gasteiger partial charge in [0.1, 0.15) is 17.6 Å². The van der Waals surface area contributed by atoms with Crippen LogP contribution in [0.25, 0.3) is 16.5 Å². The summed E-state index contributed by atoms with van der Waals surface area (Å²) < 4.78 is 6.13. The van der Waals surface area contributed by atoms with Crippen molar-refractivity contribution in [3.63, 3.8) is 0 Å². The largest absolute Gasteiger partial charge is 0.469 e. The highest BCUT2D eigenvalue weighted by atomic mass is 16.5. The topological polar surface area (TPSA) is 91.7 Å². The minimum atomic E-state index is -0.905. The molecule has 2 aliphatic rings. The van der Waals surface area contributed by atoms with Crippen LogP contribution in [0.2, 0.25) is 0 Å². The monoisotopic (exact) mass is 403 g/mol. The van der Waals surface area contributed by atoms with Crippen LogP contribution in [0.4, 0.5) is 10.6 Å². The fourth-order valence-electron chi connectivity index (χ4n) is 3.78. The lowest BCUT2D eigenvalue weighted by atomic mass is 10.0. The highest BCUT2D eigenvalue weighted by Crippen LogP contribution is 2.30. The molecular formula is C22H21N5O3. The van der Waals surface area contributed by atoms with Gasteiger partial charge in [0.15, 0.2) is 0 Å². The normalized spacial score (nSPS) is 16.9. The molecule has 0 unspecified atom stereocenters. The molecule has 152 valence electrons. The maximum atomic E-state index is 11.1. The van der Waals surface area contributed by atoms with Crippen LogP contribution >= 0.6 is 0 Å². The number of aromatic nitrogens is 3. The van der Waals surface area contributed by atoms with E-state index in [2.05, 4.69) is 27.0 Å². The molecule has 1 N–H and O–H groups in total. The number of nitrogens with zero attached hydrogens (tertiary/aromatic N) is 5. The Morgan fingerprint density at radius 3 is 2.73 bits per heavy atom. The Morgan fingerprint density at radius 1 is 1.10 bits per heavy atom. The van der Waals surface area contributed by atoms with Gasteiger partial charge in [0.25, 0.3) is 0 Å². The molecule has 4 heterocycles. The van der Waals surface area contributed by atoms with Crippen molar-refractivity contribution in [3.8, 4) is 5.88 Å². The molecule has 30 heavy (non-hydrogen) atoms. The smallest absolute Gasteiger partial charge is 0.407 e. The van der Waals surface area contributed by atoms with E-state index in [1.165, 1.54) is 4.90 Å². The number of pyridine rings is 1. The summed E-state index contributed by atoms with van der Waals surface area (Å²) in [5.41, 5.74) is 2.66. The van der Waals surface area contributed by atoms with Crippen molar-refractivity contribution in [1.82, 2.24) is 19.9 Å². The number of fused-ring (bicyclic) bond motifs is 1. The van der Waals surface area contributed by atoms with Crippen LogP contribution < -0.4 is 9.64 Å². The molecule has 0 atom stereocenters. The summed E-state index contributed by atoms with van der Waals surface area (Å²) in [6.45, 7) is 2.26. The first-order valence-electron chi connectivity index (χ1n) is 9.93. The van der Waals surface area contributed by atoms with E-state index in [0.29, 0.717) is 31.1 Å². The van der Waals surface area contributed by atoms with Crippen molar-refractivity contribution in [1.29, 1.82) is 0 Å². The second-order valence-corrected chi connectivity index (χ2v) is 7.43. The quantitative estimate of drug-likeness (QED) is 0.716. The zero-order valence-corrected chi connectivity index (χ0v) is 16.3. The number of hydrogen-bond acceptors (Lipinski definition) is 6. The van der Waals surface area contributed by atoms with Crippen LogP contribution in [0.1, 0.15) is 12.1 Å². The number of para-hydroxylation sites is 1. The summed E-state index contributed by atoms with van der Waals surface area (Å²) in [5.74, 6) is 1.44. The zero-order valence-electron chi connectivity index (χ0n) is 16.3. The molecule has 2 aliphatic heterocycles. The molecule has 1 amide bonds. The fourth-order valence-corrected chi connectivity index (χ4v) is 3.78. The van der Waals surface area contributed by atoms with Crippen molar-refractivity contribution in [3.05, 3.63) is 60.6 Å². The van der Waals surface area contributed by atoms with Gasteiger partial charge in [0, 0.05) is 30.9 Å². The molecule has 8 nitrogen and oxygen atoms in total. The van der Waals surface area contributed by atoms with Crippen molar-refractivity contribution >= 4 is 28.4 Å². The van der Waals surface area contributed by atoms with E-state index in [-0.39, 0.29) is 6.10 Å². The number of ether oxygens (including phenoxy) is 1. The van der Waals surface area contributed by atoms with Crippen molar-refractivity contribution in [2.45, 2.75) is 12.5 Å². The molecule has 5 rings (SSSR count). The van der Waals surface area contributed by atoms with Gasteiger partial charge >= 0.3 is 6.09 Å². The summed E-state index contributed by atoms with van der Waals surface area (Å²) in [6, 6.07) is 12.2. The average molecular weight is 403 g/mol. The van der Waals surface area contributed by atoms with E-state index in [1.54, 1.807) is 12.4 Å². The maximum absolute atomic E-state index is 11.1. The lowest BCUT2D eigenvalue weighted by Gasteiger charge is -2.39. The summed E-state index contributed by atoms with van der Waals surface area (Å²) in [7, 11) is 0. The molecule has 0 aliphatic carbocycles. The van der Waals surface area contributed by atoms with Gasteiger partial charge in [-0.05, 0) is 30.2 Å². The molecule has 0 saturated carbocycles. The minimum Gasteiger partial charge on any atom is -0.469 e. The standard InChI is InChI=1S/C22H21N5O3/c28-22(29)26-11-7-16(8-12-26)20-21(24-10-9-23-20)30-17-13-27(14-17)19-6-5-15-3-1-2-4-18(15)25-19/h1-7,9-10,17H,8,11-14H2,(H,28,29). The van der Waals surface area contributed by atoms with E-state index < -0.39 is 6.09 Å². The number of carboxylic acid groups (broad SMARTS) is 1. The number of rotatable bonds is 4. The van der Waals surface area contributed by atoms with E-state index in [1.807, 2.05) is 30.3 Å².